The second-order valence-corrected chi connectivity index (χ2v) is 1.61. The molecule has 0 aliphatic heterocycles. The molecule has 0 aromatic rings. The number of carbonyl (C=O) groups excluding carboxylic acids is 2. The van der Waals surface area contributed by atoms with Crippen molar-refractivity contribution in [3.05, 3.63) is 12.2 Å². The molecule has 0 bridgehead atoms. The van der Waals surface area contributed by atoms with Gasteiger partial charge in [-0.05, 0) is 0 Å². The molecule has 0 saturated carbocycles. The zero-order chi connectivity index (χ0) is 13.0. The van der Waals surface area contributed by atoms with Crippen LogP contribution in [0.1, 0.15) is 0 Å². The van der Waals surface area contributed by atoms with E-state index in [1.165, 1.54) is 0 Å². The first-order valence-corrected chi connectivity index (χ1v) is 3.07. The van der Waals surface area contributed by atoms with E-state index in [0.717, 1.165) is 0 Å². The van der Waals surface area contributed by atoms with E-state index in [2.05, 4.69) is 19.6 Å². The monoisotopic (exact) mass is 258 g/mol. The van der Waals surface area contributed by atoms with Crippen LogP contribution < -0.4 is 0 Å². The van der Waals surface area contributed by atoms with Crippen LogP contribution in [-0.2, 0) is 29.2 Å². The summed E-state index contributed by atoms with van der Waals surface area (Å²) in [6.07, 6.45) is 0.754. The molecule has 0 heterocycles. The second-order valence-electron chi connectivity index (χ2n) is 1.61. The molecule has 0 atom stereocenters. The van der Waals surface area contributed by atoms with Gasteiger partial charge in [0.05, 0.1) is 0 Å². The predicted octanol–water partition coefficient (Wildman–Crippen LogP) is -0.485. The molecule has 0 aliphatic carbocycles. The zero-order valence-electron chi connectivity index (χ0n) is 7.14. The first-order chi connectivity index (χ1) is 7.51. The maximum atomic E-state index is 10.8. The molecule has 0 rings (SSSR count). The molecule has 17 heavy (non-hydrogen) atoms. The van der Waals surface area contributed by atoms with Gasteiger partial charge in [-0.15, -0.1) is 0 Å². The predicted molar refractivity (Wildman–Crippen MR) is 43.0 cm³/mol. The summed E-state index contributed by atoms with van der Waals surface area (Å²) < 4.78 is 42.1. The maximum absolute atomic E-state index is 10.8. The number of hydrogen-bond acceptors (Lipinski definition) is 7. The van der Waals surface area contributed by atoms with Gasteiger partial charge in [-0.2, -0.15) is 9.72 Å². The molecule has 0 unspecified atom stereocenters. The van der Waals surface area contributed by atoms with Gasteiger partial charge in [0.15, 0.2) is 0 Å². The molecule has 1 N–H and O–H groups in total. The van der Waals surface area contributed by atoms with Crippen LogP contribution in [0.3, 0.4) is 0 Å². The van der Waals surface area contributed by atoms with Crippen molar-refractivity contribution >= 4 is 38.1 Å². The number of hydrogen-bond donors (Lipinski definition) is 1. The summed E-state index contributed by atoms with van der Waals surface area (Å²) in [4.78, 5) is 29.5. The van der Waals surface area contributed by atoms with Gasteiger partial charge in [0, 0.05) is 21.2 Å². The minimum absolute atomic E-state index is 0. The molecular formula is C4H4BF4LiO7. The van der Waals surface area contributed by atoms with E-state index in [-0.39, 0.29) is 18.9 Å². The third-order valence-corrected chi connectivity index (χ3v) is 0.660. The van der Waals surface area contributed by atoms with E-state index in [1.54, 1.807) is 0 Å². The zero-order valence-corrected chi connectivity index (χ0v) is 7.14. The Hall–Kier alpha value is -1.06. The molecule has 0 spiro atoms. The summed E-state index contributed by atoms with van der Waals surface area (Å²) in [5, 5.41) is 7.47. The fourth-order valence-corrected chi connectivity index (χ4v) is 0.201. The molecule has 0 aromatic carbocycles. The summed E-state index contributed by atoms with van der Waals surface area (Å²) in [5.74, 6) is -2.82. The summed E-state index contributed by atoms with van der Waals surface area (Å²) in [5.41, 5.74) is 0. The molecule has 0 radical (unpaired) electrons. The van der Waals surface area contributed by atoms with Crippen LogP contribution in [-0.4, -0.2) is 43.1 Å². The second kappa shape index (κ2) is 14.9. The van der Waals surface area contributed by atoms with E-state index in [0.29, 0.717) is 12.2 Å². The Morgan fingerprint density at radius 3 is 1.35 bits per heavy atom. The van der Waals surface area contributed by atoms with Crippen LogP contribution in [0.15, 0.2) is 12.2 Å². The van der Waals surface area contributed by atoms with E-state index in [1.807, 2.05) is 0 Å². The van der Waals surface area contributed by atoms with Crippen LogP contribution in [0.5, 0.6) is 0 Å². The SMILES string of the molecule is O=C(/C=C\C(=O)OF)OF.OB(OF)OF.[LiH]. The summed E-state index contributed by atoms with van der Waals surface area (Å²) >= 11 is 0. The quantitative estimate of drug-likeness (QED) is 0.413. The van der Waals surface area contributed by atoms with Crippen LogP contribution in [0.25, 0.3) is 0 Å². The summed E-state index contributed by atoms with van der Waals surface area (Å²) in [6, 6.07) is 0. The standard InChI is InChI=1S/C4H2F2O4.BF2HO3.Li.H/c5-9-3(7)1-2-4(8)10-6;2-5-1(4)6-3;;/h1-2H;4H;;/b2-1-;;;. The Morgan fingerprint density at radius 1 is 0.941 bits per heavy atom. The molecule has 13 heteroatoms. The number of rotatable bonds is 4. The molecule has 0 aliphatic rings. The van der Waals surface area contributed by atoms with Crippen molar-refractivity contribution in [2.45, 2.75) is 0 Å². The van der Waals surface area contributed by atoms with Gasteiger partial charge < -0.3 is 5.02 Å². The van der Waals surface area contributed by atoms with Crippen molar-refractivity contribution in [3.8, 4) is 0 Å². The van der Waals surface area contributed by atoms with Gasteiger partial charge in [0.2, 0.25) is 0 Å². The van der Waals surface area contributed by atoms with Crippen molar-refractivity contribution in [2.75, 3.05) is 0 Å². The van der Waals surface area contributed by atoms with Gasteiger partial charge in [0.25, 0.3) is 0 Å². The van der Waals surface area contributed by atoms with Crippen LogP contribution in [0, 0.1) is 0 Å². The fraction of sp³-hybridized carbons (Fsp3) is 0. The van der Waals surface area contributed by atoms with E-state index in [4.69, 9.17) is 5.02 Å². The van der Waals surface area contributed by atoms with Crippen LogP contribution in [0.2, 0.25) is 0 Å². The molecule has 0 saturated heterocycles. The summed E-state index contributed by atoms with van der Waals surface area (Å²) in [7, 11) is -2.40. The van der Waals surface area contributed by atoms with E-state index < -0.39 is 19.3 Å². The van der Waals surface area contributed by atoms with Crippen LogP contribution in [0.4, 0.5) is 18.1 Å². The fourth-order valence-electron chi connectivity index (χ4n) is 0.201. The molecule has 0 fully saturated rings. The Bertz CT molecular complexity index is 220. The average Bonchev–Trinajstić information content (AvgIpc) is 2.34. The van der Waals surface area contributed by atoms with Crippen LogP contribution >= 0.6 is 0 Å². The number of carbonyl (C=O) groups is 2. The summed E-state index contributed by atoms with van der Waals surface area (Å²) in [6.45, 7) is 0. The van der Waals surface area contributed by atoms with Gasteiger partial charge in [-0.1, -0.05) is 9.05 Å². The first-order valence-electron chi connectivity index (χ1n) is 3.07. The minimum atomic E-state index is -2.40. The van der Waals surface area contributed by atoms with Gasteiger partial charge in [-0.3, -0.25) is 9.88 Å². The molecule has 0 amide bonds. The van der Waals surface area contributed by atoms with Gasteiger partial charge in [0.1, 0.15) is 0 Å². The Morgan fingerprint density at radius 2 is 1.24 bits per heavy atom. The Labute approximate surface area is 103 Å². The van der Waals surface area contributed by atoms with Crippen molar-refractivity contribution in [1.82, 2.24) is 0 Å². The third-order valence-electron chi connectivity index (χ3n) is 0.660. The molecule has 0 aromatic heterocycles. The molecule has 94 valence electrons. The van der Waals surface area contributed by atoms with Crippen molar-refractivity contribution in [1.29, 1.82) is 0 Å². The molecule has 7 nitrogen and oxygen atoms in total. The van der Waals surface area contributed by atoms with Gasteiger partial charge >= 0.3 is 38.1 Å². The topological polar surface area (TPSA) is 91.3 Å². The normalized spacial score (nSPS) is 8.53. The molecular weight excluding hydrogens is 254 g/mol. The van der Waals surface area contributed by atoms with Crippen molar-refractivity contribution in [2.24, 2.45) is 0 Å². The van der Waals surface area contributed by atoms with E-state index in [9.17, 15) is 27.7 Å². The van der Waals surface area contributed by atoms with Crippen molar-refractivity contribution in [3.63, 3.8) is 0 Å². The Kier molecular flexibility index (Phi) is 18.7. The average molecular weight is 258 g/mol. The van der Waals surface area contributed by atoms with Crippen molar-refractivity contribution < 1.29 is 52.3 Å². The van der Waals surface area contributed by atoms with E-state index >= 15 is 0 Å². The Balaban J connectivity index is -0.000000244. The first kappa shape index (κ1) is 21.3. The number of halogens is 4. The third kappa shape index (κ3) is 17.5. The van der Waals surface area contributed by atoms with Gasteiger partial charge in [-0.25, -0.2) is 9.59 Å².